The number of hydrogen-bond acceptors (Lipinski definition) is 3. The van der Waals surface area contributed by atoms with E-state index in [-0.39, 0.29) is 5.91 Å². The molecule has 1 aromatic rings. The number of nitrogen functional groups attached to an aromatic ring is 1. The first-order valence-electron chi connectivity index (χ1n) is 5.21. The molecule has 0 bridgehead atoms. The minimum Gasteiger partial charge on any atom is -0.399 e. The maximum atomic E-state index is 11.9. The van der Waals surface area contributed by atoms with Gasteiger partial charge in [0.15, 0.2) is 0 Å². The number of benzene rings is 1. The molecule has 1 atom stereocenters. The lowest BCUT2D eigenvalue weighted by atomic mass is 10.1. The molecule has 0 spiro atoms. The van der Waals surface area contributed by atoms with Gasteiger partial charge < -0.3 is 15.7 Å². The number of amides is 1. The fraction of sp³-hybridized carbons (Fsp3) is 0.417. The standard InChI is InChI=1S/C12H18N2O2/c1-8-6-10(4-5-11(8)13)12(16)14(3)7-9(2)15/h4-6,9,15H,7,13H2,1-3H3. The summed E-state index contributed by atoms with van der Waals surface area (Å²) in [6.07, 6.45) is -0.524. The molecule has 1 unspecified atom stereocenters. The summed E-state index contributed by atoms with van der Waals surface area (Å²) in [6.45, 7) is 3.83. The van der Waals surface area contributed by atoms with Crippen molar-refractivity contribution in [2.75, 3.05) is 19.3 Å². The van der Waals surface area contributed by atoms with Crippen LogP contribution in [0.2, 0.25) is 0 Å². The van der Waals surface area contributed by atoms with E-state index in [9.17, 15) is 9.90 Å². The number of anilines is 1. The molecule has 0 aliphatic carbocycles. The fourth-order valence-corrected chi connectivity index (χ4v) is 1.51. The molecule has 0 saturated heterocycles. The van der Waals surface area contributed by atoms with Crippen LogP contribution in [0.25, 0.3) is 0 Å². The second-order valence-corrected chi connectivity index (χ2v) is 4.11. The zero-order valence-electron chi connectivity index (χ0n) is 9.90. The summed E-state index contributed by atoms with van der Waals surface area (Å²) in [5.74, 6) is -0.107. The quantitative estimate of drug-likeness (QED) is 0.751. The molecule has 16 heavy (non-hydrogen) atoms. The van der Waals surface area contributed by atoms with Crippen LogP contribution < -0.4 is 5.73 Å². The van der Waals surface area contributed by atoms with Crippen LogP contribution in [0.1, 0.15) is 22.8 Å². The van der Waals surface area contributed by atoms with Crippen molar-refractivity contribution < 1.29 is 9.90 Å². The third-order valence-electron chi connectivity index (χ3n) is 2.40. The molecule has 0 aliphatic rings. The van der Waals surface area contributed by atoms with E-state index < -0.39 is 6.10 Å². The van der Waals surface area contributed by atoms with E-state index in [4.69, 9.17) is 5.73 Å². The number of hydrogen-bond donors (Lipinski definition) is 2. The summed E-state index contributed by atoms with van der Waals surface area (Å²) in [6, 6.07) is 5.18. The summed E-state index contributed by atoms with van der Waals surface area (Å²) in [7, 11) is 1.67. The number of carbonyl (C=O) groups excluding carboxylic acids is 1. The van der Waals surface area contributed by atoms with Gasteiger partial charge in [0, 0.05) is 24.8 Å². The van der Waals surface area contributed by atoms with Crippen molar-refractivity contribution in [3.63, 3.8) is 0 Å². The summed E-state index contributed by atoms with van der Waals surface area (Å²) in [5.41, 5.74) is 7.83. The number of aryl methyl sites for hydroxylation is 1. The highest BCUT2D eigenvalue weighted by Crippen LogP contribution is 2.14. The van der Waals surface area contributed by atoms with Crippen LogP contribution in [0.5, 0.6) is 0 Å². The molecule has 0 aliphatic heterocycles. The summed E-state index contributed by atoms with van der Waals surface area (Å²) < 4.78 is 0. The van der Waals surface area contributed by atoms with Crippen LogP contribution in [0.15, 0.2) is 18.2 Å². The molecule has 1 amide bonds. The number of nitrogens with zero attached hydrogens (tertiary/aromatic N) is 1. The molecule has 3 N–H and O–H groups in total. The van der Waals surface area contributed by atoms with Gasteiger partial charge in [-0.15, -0.1) is 0 Å². The average Bonchev–Trinajstić information content (AvgIpc) is 2.20. The van der Waals surface area contributed by atoms with Crippen molar-refractivity contribution in [3.05, 3.63) is 29.3 Å². The summed E-state index contributed by atoms with van der Waals surface area (Å²) >= 11 is 0. The van der Waals surface area contributed by atoms with E-state index in [0.717, 1.165) is 5.56 Å². The predicted octanol–water partition coefficient (Wildman–Crippen LogP) is 1.03. The molecule has 88 valence electrons. The first-order valence-corrected chi connectivity index (χ1v) is 5.21. The van der Waals surface area contributed by atoms with Crippen LogP contribution in [0.4, 0.5) is 5.69 Å². The molecular weight excluding hydrogens is 204 g/mol. The summed E-state index contributed by atoms with van der Waals surface area (Å²) in [4.78, 5) is 13.4. The van der Waals surface area contributed by atoms with Crippen molar-refractivity contribution in [2.45, 2.75) is 20.0 Å². The van der Waals surface area contributed by atoms with E-state index in [2.05, 4.69) is 0 Å². The fourth-order valence-electron chi connectivity index (χ4n) is 1.51. The largest absolute Gasteiger partial charge is 0.399 e. The Balaban J connectivity index is 2.84. The van der Waals surface area contributed by atoms with Gasteiger partial charge in [0.2, 0.25) is 0 Å². The van der Waals surface area contributed by atoms with Gasteiger partial charge in [0.25, 0.3) is 5.91 Å². The Labute approximate surface area is 95.7 Å². The Morgan fingerprint density at radius 2 is 2.19 bits per heavy atom. The van der Waals surface area contributed by atoms with Crippen molar-refractivity contribution in [1.29, 1.82) is 0 Å². The molecule has 0 radical (unpaired) electrons. The van der Waals surface area contributed by atoms with Crippen LogP contribution in [0, 0.1) is 6.92 Å². The Bertz CT molecular complexity index is 389. The Morgan fingerprint density at radius 3 is 2.69 bits per heavy atom. The van der Waals surface area contributed by atoms with Gasteiger partial charge in [-0.3, -0.25) is 4.79 Å². The van der Waals surface area contributed by atoms with Gasteiger partial charge in [-0.2, -0.15) is 0 Å². The zero-order valence-corrected chi connectivity index (χ0v) is 9.90. The molecule has 0 aromatic heterocycles. The minimum atomic E-state index is -0.524. The van der Waals surface area contributed by atoms with E-state index in [1.54, 1.807) is 32.2 Å². The second-order valence-electron chi connectivity index (χ2n) is 4.11. The van der Waals surface area contributed by atoms with Crippen LogP contribution >= 0.6 is 0 Å². The van der Waals surface area contributed by atoms with Gasteiger partial charge >= 0.3 is 0 Å². The number of nitrogens with two attached hydrogens (primary N) is 1. The first-order chi connectivity index (χ1) is 7.41. The maximum absolute atomic E-state index is 11.9. The van der Waals surface area contributed by atoms with Crippen LogP contribution in [-0.4, -0.2) is 35.6 Å². The molecule has 4 heteroatoms. The Kier molecular flexibility index (Phi) is 3.90. The highest BCUT2D eigenvalue weighted by atomic mass is 16.3. The van der Waals surface area contributed by atoms with E-state index in [0.29, 0.717) is 17.8 Å². The molecule has 0 heterocycles. The van der Waals surface area contributed by atoms with Crippen LogP contribution in [0.3, 0.4) is 0 Å². The lowest BCUT2D eigenvalue weighted by molar-refractivity contribution is 0.0703. The van der Waals surface area contributed by atoms with Gasteiger partial charge in [0.1, 0.15) is 0 Å². The Hall–Kier alpha value is -1.55. The molecule has 4 nitrogen and oxygen atoms in total. The number of aliphatic hydroxyl groups is 1. The molecular formula is C12H18N2O2. The van der Waals surface area contributed by atoms with Crippen molar-refractivity contribution in [1.82, 2.24) is 4.90 Å². The number of likely N-dealkylation sites (N-methyl/N-ethyl adjacent to an activating group) is 1. The monoisotopic (exact) mass is 222 g/mol. The van der Waals surface area contributed by atoms with Gasteiger partial charge in [-0.1, -0.05) is 0 Å². The van der Waals surface area contributed by atoms with Gasteiger partial charge in [-0.25, -0.2) is 0 Å². The van der Waals surface area contributed by atoms with E-state index >= 15 is 0 Å². The van der Waals surface area contributed by atoms with Crippen molar-refractivity contribution >= 4 is 11.6 Å². The zero-order chi connectivity index (χ0) is 12.3. The van der Waals surface area contributed by atoms with Crippen molar-refractivity contribution in [2.24, 2.45) is 0 Å². The molecule has 0 saturated carbocycles. The Morgan fingerprint density at radius 1 is 1.56 bits per heavy atom. The highest BCUT2D eigenvalue weighted by Gasteiger charge is 2.13. The highest BCUT2D eigenvalue weighted by molar-refractivity contribution is 5.94. The number of carbonyl (C=O) groups is 1. The van der Waals surface area contributed by atoms with Gasteiger partial charge in [0.05, 0.1) is 6.10 Å². The van der Waals surface area contributed by atoms with E-state index in [1.807, 2.05) is 6.92 Å². The molecule has 1 rings (SSSR count). The third kappa shape index (κ3) is 2.97. The number of aliphatic hydroxyl groups excluding tert-OH is 1. The third-order valence-corrected chi connectivity index (χ3v) is 2.40. The maximum Gasteiger partial charge on any atom is 0.253 e. The minimum absolute atomic E-state index is 0.107. The second kappa shape index (κ2) is 4.99. The van der Waals surface area contributed by atoms with Crippen LogP contribution in [-0.2, 0) is 0 Å². The normalized spacial score (nSPS) is 12.2. The average molecular weight is 222 g/mol. The smallest absolute Gasteiger partial charge is 0.253 e. The SMILES string of the molecule is Cc1cc(C(=O)N(C)CC(C)O)ccc1N. The topological polar surface area (TPSA) is 66.6 Å². The number of rotatable bonds is 3. The van der Waals surface area contributed by atoms with E-state index in [1.165, 1.54) is 4.90 Å². The molecule has 1 aromatic carbocycles. The van der Waals surface area contributed by atoms with Crippen molar-refractivity contribution in [3.8, 4) is 0 Å². The first kappa shape index (κ1) is 12.5. The lowest BCUT2D eigenvalue weighted by Crippen LogP contribution is -2.33. The lowest BCUT2D eigenvalue weighted by Gasteiger charge is -2.19. The van der Waals surface area contributed by atoms with Gasteiger partial charge in [-0.05, 0) is 37.6 Å². The summed E-state index contributed by atoms with van der Waals surface area (Å²) in [5, 5.41) is 9.20. The predicted molar refractivity (Wildman–Crippen MR) is 64.2 cm³/mol. The molecule has 0 fully saturated rings.